The molecule has 11 nitrogen and oxygen atoms in total. The molecule has 12 heteroatoms. The number of sulfonamides is 1. The minimum absolute atomic E-state index is 0.0935. The van der Waals surface area contributed by atoms with E-state index in [2.05, 4.69) is 20.1 Å². The number of rotatable bonds is 5. The number of amides is 2. The number of Topliss-reactive ketones (excluding diaryl/α,β-unsaturated/α-hetero) is 1. The van der Waals surface area contributed by atoms with Crippen LogP contribution in [0.1, 0.15) is 63.8 Å². The SMILES string of the molecule is CN1CCCC/C=C\[C@@H]2C[C@@]2(C(=O)NS(=O)(=O)C2CC2)CC(=O)[C@@H]2C[C@@H](n3nnc(-c4ccccc4)n3)C[C@H]2C1=O. The zero-order chi connectivity index (χ0) is 28.8. The highest BCUT2D eigenvalue weighted by Gasteiger charge is 2.61. The molecule has 1 aliphatic heterocycles. The fraction of sp³-hybridized carbons (Fsp3) is 0.586. The fourth-order valence-corrected chi connectivity index (χ4v) is 7.83. The van der Waals surface area contributed by atoms with E-state index in [4.69, 9.17) is 0 Å². The Balaban J connectivity index is 1.27. The predicted octanol–water partition coefficient (Wildman–Crippen LogP) is 2.68. The number of ketones is 1. The molecule has 3 aliphatic carbocycles. The Kier molecular flexibility index (Phi) is 7.29. The van der Waals surface area contributed by atoms with Crippen LogP contribution in [0.5, 0.6) is 0 Å². The van der Waals surface area contributed by atoms with E-state index in [9.17, 15) is 22.8 Å². The molecule has 1 aromatic carbocycles. The number of allylic oxidation sites excluding steroid dienone is 2. The summed E-state index contributed by atoms with van der Waals surface area (Å²) in [5.41, 5.74) is -0.285. The zero-order valence-electron chi connectivity index (χ0n) is 23.2. The number of nitrogens with zero attached hydrogens (tertiary/aromatic N) is 5. The monoisotopic (exact) mass is 580 g/mol. The standard InChI is InChI=1S/C29H36N6O5S/c1-34-14-8-3-2-7-11-20-17-29(20,28(38)32-41(39,40)22-12-13-22)18-25(36)23-15-21(16-24(23)27(34)37)35-31-26(30-33-35)19-9-5-4-6-10-19/h4-7,9-11,20-24H,2-3,8,12-18H2,1H3,(H,32,38)/b11-7-/t20-,21-,23-,24-,29-/m1/s1. The van der Waals surface area contributed by atoms with Gasteiger partial charge in [-0.1, -0.05) is 42.5 Å². The van der Waals surface area contributed by atoms with E-state index in [0.29, 0.717) is 44.5 Å². The Bertz CT molecular complexity index is 1470. The Morgan fingerprint density at radius 3 is 2.59 bits per heavy atom. The molecule has 0 radical (unpaired) electrons. The third-order valence-corrected chi connectivity index (χ3v) is 11.0. The van der Waals surface area contributed by atoms with E-state index in [1.807, 2.05) is 42.5 Å². The second kappa shape index (κ2) is 10.8. The number of carbonyl (C=O) groups excluding carboxylic acids is 3. The molecule has 0 bridgehead atoms. The third-order valence-electron chi connectivity index (χ3n) is 9.19. The number of fused-ring (bicyclic) bond motifs is 2. The molecule has 0 saturated heterocycles. The van der Waals surface area contributed by atoms with Crippen molar-refractivity contribution >= 4 is 27.6 Å². The molecule has 6 rings (SSSR count). The first-order valence-corrected chi connectivity index (χ1v) is 16.1. The Hall–Kier alpha value is -3.41. The number of hydrogen-bond acceptors (Lipinski definition) is 8. The smallest absolute Gasteiger partial charge is 0.240 e. The van der Waals surface area contributed by atoms with Gasteiger partial charge in [0.1, 0.15) is 5.78 Å². The maximum Gasteiger partial charge on any atom is 0.240 e. The largest absolute Gasteiger partial charge is 0.346 e. The highest BCUT2D eigenvalue weighted by atomic mass is 32.2. The molecule has 0 spiro atoms. The van der Waals surface area contributed by atoms with Crippen LogP contribution >= 0.6 is 0 Å². The van der Waals surface area contributed by atoms with Crippen LogP contribution in [0.2, 0.25) is 0 Å². The van der Waals surface area contributed by atoms with E-state index >= 15 is 0 Å². The van der Waals surface area contributed by atoms with Gasteiger partial charge in [-0.15, -0.1) is 10.2 Å². The summed E-state index contributed by atoms with van der Waals surface area (Å²) < 4.78 is 27.5. The number of aromatic nitrogens is 4. The molecule has 3 saturated carbocycles. The van der Waals surface area contributed by atoms with Crippen LogP contribution in [0.25, 0.3) is 11.4 Å². The molecule has 1 N–H and O–H groups in total. The lowest BCUT2D eigenvalue weighted by atomic mass is 9.84. The van der Waals surface area contributed by atoms with Crippen LogP contribution in [0.3, 0.4) is 0 Å². The Morgan fingerprint density at radius 2 is 1.83 bits per heavy atom. The second-order valence-electron chi connectivity index (χ2n) is 12.1. The molecule has 1 aromatic heterocycles. The fourth-order valence-electron chi connectivity index (χ4n) is 6.44. The normalized spacial score (nSPS) is 31.6. The summed E-state index contributed by atoms with van der Waals surface area (Å²) in [6.07, 6.45) is 8.63. The van der Waals surface area contributed by atoms with E-state index in [0.717, 1.165) is 24.8 Å². The summed E-state index contributed by atoms with van der Waals surface area (Å²) in [6.45, 7) is 0.600. The van der Waals surface area contributed by atoms with Gasteiger partial charge in [0.05, 0.1) is 22.6 Å². The Labute approximate surface area is 239 Å². The van der Waals surface area contributed by atoms with Crippen LogP contribution in [0, 0.1) is 23.2 Å². The lowest BCUT2D eigenvalue weighted by molar-refractivity contribution is -0.140. The van der Waals surface area contributed by atoms with Crippen molar-refractivity contribution in [3.8, 4) is 11.4 Å². The van der Waals surface area contributed by atoms with Crippen molar-refractivity contribution in [1.29, 1.82) is 0 Å². The van der Waals surface area contributed by atoms with Crippen molar-refractivity contribution in [3.63, 3.8) is 0 Å². The number of carbonyl (C=O) groups is 3. The molecule has 0 unspecified atom stereocenters. The molecule has 2 heterocycles. The first-order chi connectivity index (χ1) is 19.7. The lowest BCUT2D eigenvalue weighted by Crippen LogP contribution is -2.42. The van der Waals surface area contributed by atoms with Gasteiger partial charge in [0, 0.05) is 31.5 Å². The van der Waals surface area contributed by atoms with Crippen LogP contribution < -0.4 is 4.72 Å². The third kappa shape index (κ3) is 5.58. The second-order valence-corrected chi connectivity index (χ2v) is 14.1. The van der Waals surface area contributed by atoms with E-state index in [-0.39, 0.29) is 30.1 Å². The van der Waals surface area contributed by atoms with Crippen LogP contribution in [-0.2, 0) is 24.4 Å². The van der Waals surface area contributed by atoms with E-state index in [1.54, 1.807) is 11.9 Å². The molecule has 41 heavy (non-hydrogen) atoms. The van der Waals surface area contributed by atoms with E-state index in [1.165, 1.54) is 4.80 Å². The van der Waals surface area contributed by atoms with Crippen LogP contribution in [0.4, 0.5) is 0 Å². The van der Waals surface area contributed by atoms with Crippen molar-refractivity contribution in [1.82, 2.24) is 29.8 Å². The predicted molar refractivity (Wildman–Crippen MR) is 149 cm³/mol. The molecule has 5 atom stereocenters. The highest BCUT2D eigenvalue weighted by Crippen LogP contribution is 2.58. The Morgan fingerprint density at radius 1 is 1.07 bits per heavy atom. The number of tetrazole rings is 1. The van der Waals surface area contributed by atoms with Gasteiger partial charge < -0.3 is 4.90 Å². The molecule has 218 valence electrons. The molecule has 2 amide bonds. The van der Waals surface area contributed by atoms with Gasteiger partial charge >= 0.3 is 0 Å². The zero-order valence-corrected chi connectivity index (χ0v) is 24.0. The average molecular weight is 581 g/mol. The molecule has 3 fully saturated rings. The minimum atomic E-state index is -3.75. The van der Waals surface area contributed by atoms with E-state index < -0.39 is 38.4 Å². The summed E-state index contributed by atoms with van der Waals surface area (Å²) in [5, 5.41) is 12.5. The quantitative estimate of drug-likeness (QED) is 0.532. The van der Waals surface area contributed by atoms with Crippen molar-refractivity contribution in [2.24, 2.45) is 23.2 Å². The molecule has 4 aliphatic rings. The van der Waals surface area contributed by atoms with Gasteiger partial charge in [0.25, 0.3) is 0 Å². The van der Waals surface area contributed by atoms with Gasteiger partial charge in [-0.3, -0.25) is 19.1 Å². The summed E-state index contributed by atoms with van der Waals surface area (Å²) in [5.74, 6) is -1.81. The maximum atomic E-state index is 14.0. The molecular weight excluding hydrogens is 544 g/mol. The van der Waals surface area contributed by atoms with Gasteiger partial charge in [-0.05, 0) is 62.5 Å². The van der Waals surface area contributed by atoms with Crippen LogP contribution in [0.15, 0.2) is 42.5 Å². The topological polar surface area (TPSA) is 144 Å². The van der Waals surface area contributed by atoms with Gasteiger partial charge in [0.2, 0.25) is 27.7 Å². The first kappa shape index (κ1) is 27.7. The summed E-state index contributed by atoms with van der Waals surface area (Å²) in [7, 11) is -1.97. The van der Waals surface area contributed by atoms with Crippen LogP contribution in [-0.4, -0.2) is 70.0 Å². The number of benzene rings is 1. The summed E-state index contributed by atoms with van der Waals surface area (Å²) >= 11 is 0. The summed E-state index contributed by atoms with van der Waals surface area (Å²) in [6, 6.07) is 9.18. The number of hydrogen-bond donors (Lipinski definition) is 1. The van der Waals surface area contributed by atoms with Crippen molar-refractivity contribution in [3.05, 3.63) is 42.5 Å². The highest BCUT2D eigenvalue weighted by molar-refractivity contribution is 7.90. The van der Waals surface area contributed by atoms with Gasteiger partial charge in [0.15, 0.2) is 0 Å². The molecule has 2 aromatic rings. The first-order valence-electron chi connectivity index (χ1n) is 14.5. The van der Waals surface area contributed by atoms with Crippen molar-refractivity contribution < 1.29 is 22.8 Å². The summed E-state index contributed by atoms with van der Waals surface area (Å²) in [4.78, 5) is 44.3. The van der Waals surface area contributed by atoms with Gasteiger partial charge in [-0.2, -0.15) is 4.80 Å². The maximum absolute atomic E-state index is 14.0. The lowest BCUT2D eigenvalue weighted by Gasteiger charge is -2.26. The average Bonchev–Trinajstić information content (AvgIpc) is 3.82. The minimum Gasteiger partial charge on any atom is -0.346 e. The van der Waals surface area contributed by atoms with Gasteiger partial charge in [-0.25, -0.2) is 8.42 Å². The van der Waals surface area contributed by atoms with Crippen molar-refractivity contribution in [2.45, 2.75) is 69.1 Å². The number of nitrogens with one attached hydrogen (secondary N) is 1. The van der Waals surface area contributed by atoms with Crippen molar-refractivity contribution in [2.75, 3.05) is 13.6 Å². The molecular formula is C29H36N6O5S.